The first kappa shape index (κ1) is 22.4. The Hall–Kier alpha value is -4.41. The molecule has 1 heterocycles. The Kier molecular flexibility index (Phi) is 5.59. The fourth-order valence-corrected chi connectivity index (χ4v) is 4.79. The van der Waals surface area contributed by atoms with Crippen LogP contribution in [-0.2, 0) is 12.0 Å². The van der Waals surface area contributed by atoms with E-state index in [-0.39, 0.29) is 17.8 Å². The third kappa shape index (κ3) is 3.74. The van der Waals surface area contributed by atoms with Crippen molar-refractivity contribution in [1.29, 1.82) is 10.7 Å². The maximum atomic E-state index is 12.1. The summed E-state index contributed by atoms with van der Waals surface area (Å²) in [5.74, 6) is 1.80. The second-order valence-electron chi connectivity index (χ2n) is 8.44. The topological polar surface area (TPSA) is 102 Å². The van der Waals surface area contributed by atoms with Gasteiger partial charge in [-0.05, 0) is 71.7 Å². The number of nitriles is 1. The summed E-state index contributed by atoms with van der Waals surface area (Å²) in [4.78, 5) is 6.50. The Balaban J connectivity index is 1.72. The van der Waals surface area contributed by atoms with Crippen LogP contribution in [0.1, 0.15) is 17.5 Å². The lowest BCUT2D eigenvalue weighted by atomic mass is 9.86. The number of amidine groups is 2. The van der Waals surface area contributed by atoms with Crippen molar-refractivity contribution in [3.8, 4) is 17.6 Å². The molecule has 3 aromatic rings. The summed E-state index contributed by atoms with van der Waals surface area (Å²) in [5, 5.41) is 31.3. The first-order valence-electron chi connectivity index (χ1n) is 11.2. The van der Waals surface area contributed by atoms with Crippen LogP contribution in [0.5, 0.6) is 11.5 Å². The van der Waals surface area contributed by atoms with Crippen molar-refractivity contribution >= 4 is 23.0 Å². The average molecular weight is 465 g/mol. The summed E-state index contributed by atoms with van der Waals surface area (Å²) in [6.07, 6.45) is 0.509. The maximum absolute atomic E-state index is 12.1. The highest BCUT2D eigenvalue weighted by Crippen LogP contribution is 2.48. The molecule has 2 aliphatic rings. The molecule has 0 saturated carbocycles. The zero-order valence-electron chi connectivity index (χ0n) is 19.4. The minimum absolute atomic E-state index is 0.0244. The van der Waals surface area contributed by atoms with E-state index >= 15 is 0 Å². The molecule has 7 heteroatoms. The van der Waals surface area contributed by atoms with Gasteiger partial charge in [0.25, 0.3) is 0 Å². The van der Waals surface area contributed by atoms with Gasteiger partial charge < -0.3 is 14.6 Å². The fraction of sp³-hybridized carbons (Fsp3) is 0.179. The molecular weight excluding hydrogens is 440 g/mol. The van der Waals surface area contributed by atoms with Crippen molar-refractivity contribution in [2.24, 2.45) is 4.99 Å². The van der Waals surface area contributed by atoms with Gasteiger partial charge in [-0.25, -0.2) is 4.99 Å². The zero-order chi connectivity index (χ0) is 24.6. The minimum Gasteiger partial charge on any atom is -0.497 e. The molecule has 0 aromatic heterocycles. The van der Waals surface area contributed by atoms with E-state index in [4.69, 9.17) is 19.9 Å². The van der Waals surface area contributed by atoms with E-state index in [1.807, 2.05) is 60.7 Å². The summed E-state index contributed by atoms with van der Waals surface area (Å²) < 4.78 is 10.6. The van der Waals surface area contributed by atoms with Crippen molar-refractivity contribution in [2.45, 2.75) is 18.4 Å². The summed E-state index contributed by atoms with van der Waals surface area (Å²) in [6, 6.07) is 24.3. The summed E-state index contributed by atoms with van der Waals surface area (Å²) in [6.45, 7) is 0. The van der Waals surface area contributed by atoms with Crippen molar-refractivity contribution in [3.63, 3.8) is 0 Å². The molecule has 1 unspecified atom stereocenters. The largest absolute Gasteiger partial charge is 0.497 e. The first-order chi connectivity index (χ1) is 17.0. The van der Waals surface area contributed by atoms with Crippen LogP contribution < -0.4 is 14.4 Å². The Morgan fingerprint density at radius 3 is 2.23 bits per heavy atom. The van der Waals surface area contributed by atoms with Crippen LogP contribution in [0.15, 0.2) is 88.9 Å². The van der Waals surface area contributed by atoms with Gasteiger partial charge in [0, 0.05) is 12.1 Å². The van der Waals surface area contributed by atoms with E-state index in [0.717, 1.165) is 11.1 Å². The van der Waals surface area contributed by atoms with Gasteiger partial charge in [-0.2, -0.15) is 5.26 Å². The van der Waals surface area contributed by atoms with Crippen LogP contribution in [0.25, 0.3) is 0 Å². The van der Waals surface area contributed by atoms with E-state index in [9.17, 15) is 10.4 Å². The van der Waals surface area contributed by atoms with Crippen LogP contribution in [0.4, 0.5) is 11.4 Å². The van der Waals surface area contributed by atoms with Crippen molar-refractivity contribution in [1.82, 2.24) is 0 Å². The number of methoxy groups -OCH3 is 2. The van der Waals surface area contributed by atoms with Crippen LogP contribution in [0.2, 0.25) is 0 Å². The van der Waals surface area contributed by atoms with E-state index in [2.05, 4.69) is 6.07 Å². The molecule has 5 rings (SSSR count). The lowest BCUT2D eigenvalue weighted by molar-refractivity contribution is 0.0896. The normalized spacial score (nSPS) is 20.2. The minimum atomic E-state index is -1.44. The van der Waals surface area contributed by atoms with Crippen LogP contribution in [-0.4, -0.2) is 31.0 Å². The maximum Gasteiger partial charge on any atom is 0.149 e. The average Bonchev–Trinajstić information content (AvgIpc) is 3.13. The van der Waals surface area contributed by atoms with E-state index in [1.54, 1.807) is 31.3 Å². The number of aliphatic imine (C=N–C) groups is 1. The van der Waals surface area contributed by atoms with Gasteiger partial charge in [0.1, 0.15) is 34.8 Å². The molecule has 2 N–H and O–H groups in total. The molecule has 0 spiro atoms. The second-order valence-corrected chi connectivity index (χ2v) is 8.44. The third-order valence-electron chi connectivity index (χ3n) is 6.54. The third-order valence-corrected chi connectivity index (χ3v) is 6.54. The number of benzene rings is 3. The number of hydrogen-bond donors (Lipinski definition) is 2. The standard InChI is InChI=1S/C28H24N4O3/c1-34-21-11-7-19(8-12-21)31-26-16-28(33)24-6-4-3-5-18(24)15-25(28)23(17-29)27(30)32(26)20-9-13-22(35-2)14-10-20/h3-14,30,33H,15-16H2,1-2H3. The Morgan fingerprint density at radius 1 is 0.971 bits per heavy atom. The number of aliphatic hydroxyl groups is 1. The molecule has 0 saturated heterocycles. The molecule has 7 nitrogen and oxygen atoms in total. The number of hydrogen-bond acceptors (Lipinski definition) is 6. The number of nitrogens with zero attached hydrogens (tertiary/aromatic N) is 3. The highest BCUT2D eigenvalue weighted by atomic mass is 16.5. The van der Waals surface area contributed by atoms with Gasteiger partial charge in [-0.1, -0.05) is 24.3 Å². The molecule has 1 atom stereocenters. The Labute approximate surface area is 203 Å². The van der Waals surface area contributed by atoms with Gasteiger partial charge in [0.05, 0.1) is 25.5 Å². The molecule has 0 radical (unpaired) electrons. The highest BCUT2D eigenvalue weighted by molar-refractivity contribution is 6.27. The van der Waals surface area contributed by atoms with E-state index < -0.39 is 5.60 Å². The number of rotatable bonds is 4. The van der Waals surface area contributed by atoms with Gasteiger partial charge in [-0.3, -0.25) is 10.3 Å². The summed E-state index contributed by atoms with van der Waals surface area (Å²) in [7, 11) is 3.19. The second kappa shape index (κ2) is 8.75. The predicted octanol–water partition coefficient (Wildman–Crippen LogP) is 4.89. The molecule has 1 aliphatic heterocycles. The van der Waals surface area contributed by atoms with Crippen molar-refractivity contribution in [3.05, 3.63) is 95.1 Å². The SMILES string of the molecule is COc1ccc(N=C2CC3(O)C(=C(C#N)C(=N)N2c2ccc(OC)cc2)Cc2ccccc23)cc1. The lowest BCUT2D eigenvalue weighted by Crippen LogP contribution is -2.38. The molecular formula is C28H24N4O3. The first-order valence-corrected chi connectivity index (χ1v) is 11.2. The number of fused-ring (bicyclic) bond motifs is 3. The number of nitrogens with one attached hydrogen (secondary N) is 1. The van der Waals surface area contributed by atoms with Gasteiger partial charge >= 0.3 is 0 Å². The highest BCUT2D eigenvalue weighted by Gasteiger charge is 2.48. The van der Waals surface area contributed by atoms with E-state index in [0.29, 0.717) is 40.7 Å². The van der Waals surface area contributed by atoms with Gasteiger partial charge in [0.15, 0.2) is 0 Å². The van der Waals surface area contributed by atoms with Gasteiger partial charge in [-0.15, -0.1) is 0 Å². The van der Waals surface area contributed by atoms with Crippen LogP contribution in [0.3, 0.4) is 0 Å². The Morgan fingerprint density at radius 2 is 1.60 bits per heavy atom. The molecule has 0 amide bonds. The van der Waals surface area contributed by atoms with Crippen molar-refractivity contribution < 1.29 is 14.6 Å². The summed E-state index contributed by atoms with van der Waals surface area (Å²) >= 11 is 0. The Bertz CT molecular complexity index is 1400. The van der Waals surface area contributed by atoms with Crippen molar-refractivity contribution in [2.75, 3.05) is 19.1 Å². The molecule has 0 bridgehead atoms. The molecule has 0 fully saturated rings. The molecule has 174 valence electrons. The zero-order valence-corrected chi connectivity index (χ0v) is 19.4. The fourth-order valence-electron chi connectivity index (χ4n) is 4.79. The molecule has 35 heavy (non-hydrogen) atoms. The number of anilines is 1. The van der Waals surface area contributed by atoms with Crippen LogP contribution >= 0.6 is 0 Å². The van der Waals surface area contributed by atoms with Crippen LogP contribution in [0, 0.1) is 16.7 Å². The van der Waals surface area contributed by atoms with Gasteiger partial charge in [0.2, 0.25) is 0 Å². The quantitative estimate of drug-likeness (QED) is 0.573. The smallest absolute Gasteiger partial charge is 0.149 e. The predicted molar refractivity (Wildman–Crippen MR) is 135 cm³/mol. The molecule has 1 aliphatic carbocycles. The molecule has 3 aromatic carbocycles. The monoisotopic (exact) mass is 464 g/mol. The number of ether oxygens (including phenoxy) is 2. The summed E-state index contributed by atoms with van der Waals surface area (Å²) in [5.41, 5.74) is 2.23. The van der Waals surface area contributed by atoms with E-state index in [1.165, 1.54) is 0 Å². The lowest BCUT2D eigenvalue weighted by Gasteiger charge is -2.28.